The first-order valence-electron chi connectivity index (χ1n) is 19.2. The second-order valence-electron chi connectivity index (χ2n) is 15.6. The molecular formula is C46H24BF20OP. The van der Waals surface area contributed by atoms with Gasteiger partial charge in [0.25, 0.3) is 0 Å². The van der Waals surface area contributed by atoms with E-state index in [0.29, 0.717) is 0 Å². The molecule has 0 heterocycles. The van der Waals surface area contributed by atoms with E-state index in [0.717, 1.165) is 0 Å². The number of halogens is 20. The fourth-order valence-corrected chi connectivity index (χ4v) is 11.6. The lowest BCUT2D eigenvalue weighted by atomic mass is 9.12. The third-order valence-corrected chi connectivity index (χ3v) is 14.4. The molecule has 7 aromatic carbocycles. The third kappa shape index (κ3) is 8.38. The van der Waals surface area contributed by atoms with Gasteiger partial charge in [-0.05, 0) is 57.2 Å². The highest BCUT2D eigenvalue weighted by Gasteiger charge is 2.53. The second kappa shape index (κ2) is 19.2. The molecule has 0 bridgehead atoms. The average molecular weight is 1010 g/mol. The molecule has 0 fully saturated rings. The zero-order valence-corrected chi connectivity index (χ0v) is 35.5. The van der Waals surface area contributed by atoms with Crippen LogP contribution in [0.4, 0.5) is 87.8 Å². The van der Waals surface area contributed by atoms with Crippen LogP contribution in [0.2, 0.25) is 0 Å². The molecule has 23 heteroatoms. The lowest BCUT2D eigenvalue weighted by Gasteiger charge is -2.44. The van der Waals surface area contributed by atoms with Gasteiger partial charge in [-0.3, -0.25) is 0 Å². The topological polar surface area (TPSA) is 9.23 Å². The highest BCUT2D eigenvalue weighted by atomic mass is 31.2. The Balaban J connectivity index is 0.000000273. The molecule has 0 aromatic heterocycles. The maximum Gasteiger partial charge on any atom is 0.242 e. The number of hydrogen-bond acceptors (Lipinski definition) is 1. The van der Waals surface area contributed by atoms with E-state index in [1.165, 1.54) is 15.9 Å². The van der Waals surface area contributed by atoms with Crippen molar-refractivity contribution in [2.24, 2.45) is 0 Å². The molecule has 7 rings (SSSR count). The molecule has 0 aliphatic heterocycles. The van der Waals surface area contributed by atoms with E-state index in [1.807, 2.05) is 0 Å². The summed E-state index contributed by atoms with van der Waals surface area (Å²) in [6, 6.07) is 31.9. The quantitative estimate of drug-likeness (QED) is 0.0485. The Morgan fingerprint density at radius 3 is 0.594 bits per heavy atom. The SMILES string of the molecule is CC(C)(C)O[P+](c1ccccc1)(c1ccccc1)c1ccccc1.Fc1c(F)c(F)c([B-](c2c(F)c(F)c(F)c(F)c2F)(c2c(F)c(F)c(F)c(F)c2F)c2c(F)c(F)c(F)c(F)c2F)c(F)c1F. The van der Waals surface area contributed by atoms with Crippen molar-refractivity contribution >= 4 is 51.4 Å². The predicted octanol–water partition coefficient (Wildman–Crippen LogP) is 10.6. The monoisotopic (exact) mass is 1010 g/mol. The van der Waals surface area contributed by atoms with Crippen LogP contribution in [0, 0.1) is 116 Å². The van der Waals surface area contributed by atoms with Crippen molar-refractivity contribution in [3.8, 4) is 0 Å². The van der Waals surface area contributed by atoms with E-state index in [1.54, 1.807) is 0 Å². The predicted molar refractivity (Wildman–Crippen MR) is 215 cm³/mol. The van der Waals surface area contributed by atoms with Crippen LogP contribution < -0.4 is 37.8 Å². The molecule has 0 atom stereocenters. The minimum atomic E-state index is -7.22. The molecule has 0 aliphatic rings. The standard InChI is InChI=1S/C24BF20.C22H24OP/c26-5-1(6(27)14(35)21(42)13(5)34)25(2-7(28)15(36)22(43)16(37)8(2)29,3-9(30)17(38)23(44)18(39)10(3)31)4-11(32)19(40)24(45)20(41)12(4)33;1-22(2,3)23-24(19-13-7-4-8-14-19,20-15-9-5-10-16-20)21-17-11-6-12-18-21/h;4-18H,1-3H3/q-1;+1. The van der Waals surface area contributed by atoms with Gasteiger partial charge in [-0.15, -0.1) is 21.9 Å². The Bertz CT molecular complexity index is 2640. The highest BCUT2D eigenvalue weighted by molar-refractivity contribution is 7.91. The molecule has 7 aromatic rings. The van der Waals surface area contributed by atoms with Gasteiger partial charge in [0.15, 0.2) is 69.8 Å². The smallest absolute Gasteiger partial charge is 0.216 e. The molecule has 0 unspecified atom stereocenters. The fraction of sp³-hybridized carbons (Fsp3) is 0.0870. The normalized spacial score (nSPS) is 12.0. The zero-order valence-electron chi connectivity index (χ0n) is 34.7. The van der Waals surface area contributed by atoms with Gasteiger partial charge < -0.3 is 0 Å². The van der Waals surface area contributed by atoms with Crippen LogP contribution in [0.1, 0.15) is 20.8 Å². The number of hydrogen-bond donors (Lipinski definition) is 0. The first-order valence-corrected chi connectivity index (χ1v) is 20.9. The minimum absolute atomic E-state index is 0.255. The first-order chi connectivity index (χ1) is 32.2. The van der Waals surface area contributed by atoms with Crippen LogP contribution in [0.15, 0.2) is 91.0 Å². The van der Waals surface area contributed by atoms with Gasteiger partial charge in [0.1, 0.15) is 74.2 Å². The van der Waals surface area contributed by atoms with Gasteiger partial charge in [0.05, 0.1) is 0 Å². The summed E-state index contributed by atoms with van der Waals surface area (Å²) in [4.78, 5) is 0. The van der Waals surface area contributed by atoms with Gasteiger partial charge in [0, 0.05) is 0 Å². The summed E-state index contributed by atoms with van der Waals surface area (Å²) in [6.45, 7) is 6.41. The Morgan fingerprint density at radius 1 is 0.275 bits per heavy atom. The molecule has 0 saturated carbocycles. The maximum absolute atomic E-state index is 15.4. The molecule has 1 nitrogen and oxygen atoms in total. The Kier molecular flexibility index (Phi) is 14.4. The fourth-order valence-electron chi connectivity index (χ4n) is 7.80. The molecule has 0 saturated heterocycles. The molecule has 0 amide bonds. The van der Waals surface area contributed by atoms with E-state index < -0.39 is 152 Å². The van der Waals surface area contributed by atoms with Gasteiger partial charge in [-0.2, -0.15) is 0 Å². The molecule has 0 spiro atoms. The Morgan fingerprint density at radius 2 is 0.435 bits per heavy atom. The van der Waals surface area contributed by atoms with Crippen molar-refractivity contribution in [3.05, 3.63) is 207 Å². The summed E-state index contributed by atoms with van der Waals surface area (Å²) < 4.78 is 301. The maximum atomic E-state index is 15.4. The van der Waals surface area contributed by atoms with E-state index in [9.17, 15) is 52.7 Å². The van der Waals surface area contributed by atoms with Gasteiger partial charge in [-0.1, -0.05) is 54.6 Å². The summed E-state index contributed by atoms with van der Waals surface area (Å²) in [5, 5.41) is 3.74. The van der Waals surface area contributed by atoms with Crippen LogP contribution >= 0.6 is 7.49 Å². The summed E-state index contributed by atoms with van der Waals surface area (Å²) in [5.41, 5.74) is -14.6. The number of benzene rings is 7. The van der Waals surface area contributed by atoms with E-state index in [4.69, 9.17) is 4.52 Å². The minimum Gasteiger partial charge on any atom is -0.216 e. The summed E-state index contributed by atoms with van der Waals surface area (Å²) >= 11 is 0. The molecule has 0 radical (unpaired) electrons. The van der Waals surface area contributed by atoms with Crippen LogP contribution in [-0.2, 0) is 4.52 Å². The summed E-state index contributed by atoms with van der Waals surface area (Å²) in [7, 11) is -2.17. The Labute approximate surface area is 376 Å². The summed E-state index contributed by atoms with van der Waals surface area (Å²) in [5.74, 6) is -71.4. The summed E-state index contributed by atoms with van der Waals surface area (Å²) in [6.07, 6.45) is -7.22. The van der Waals surface area contributed by atoms with Crippen molar-refractivity contribution in [3.63, 3.8) is 0 Å². The van der Waals surface area contributed by atoms with Gasteiger partial charge in [-0.25, -0.2) is 92.3 Å². The largest absolute Gasteiger partial charge is 0.242 e. The van der Waals surface area contributed by atoms with Crippen molar-refractivity contribution < 1.29 is 92.3 Å². The molecular weight excluding hydrogens is 990 g/mol. The van der Waals surface area contributed by atoms with E-state index >= 15 is 35.1 Å². The van der Waals surface area contributed by atoms with Crippen molar-refractivity contribution in [2.75, 3.05) is 0 Å². The van der Waals surface area contributed by atoms with Crippen LogP contribution in [0.25, 0.3) is 0 Å². The molecule has 0 aliphatic carbocycles. The lowest BCUT2D eigenvalue weighted by molar-refractivity contribution is 0.151. The zero-order chi connectivity index (χ0) is 51.4. The third-order valence-electron chi connectivity index (χ3n) is 10.5. The van der Waals surface area contributed by atoms with Crippen LogP contribution in [-0.4, -0.2) is 11.7 Å². The second-order valence-corrected chi connectivity index (χ2v) is 18.6. The van der Waals surface area contributed by atoms with Gasteiger partial charge in [0.2, 0.25) is 7.49 Å². The van der Waals surface area contributed by atoms with Crippen LogP contribution in [0.5, 0.6) is 0 Å². The molecule has 362 valence electrons. The van der Waals surface area contributed by atoms with E-state index in [-0.39, 0.29) is 5.60 Å². The van der Waals surface area contributed by atoms with Crippen LogP contribution in [0.3, 0.4) is 0 Å². The lowest BCUT2D eigenvalue weighted by Crippen LogP contribution is -2.81. The number of rotatable bonds is 8. The molecule has 69 heavy (non-hydrogen) atoms. The Hall–Kier alpha value is -6.41. The average Bonchev–Trinajstić information content (AvgIpc) is 3.33. The van der Waals surface area contributed by atoms with E-state index in [2.05, 4.69) is 112 Å². The first kappa shape index (κ1) is 52.0. The van der Waals surface area contributed by atoms with Gasteiger partial charge >= 0.3 is 0 Å². The van der Waals surface area contributed by atoms with Crippen molar-refractivity contribution in [1.82, 2.24) is 0 Å². The van der Waals surface area contributed by atoms with Crippen molar-refractivity contribution in [1.29, 1.82) is 0 Å². The highest BCUT2D eigenvalue weighted by Crippen LogP contribution is 2.59. The van der Waals surface area contributed by atoms with Crippen molar-refractivity contribution in [2.45, 2.75) is 26.4 Å². The molecule has 0 N–H and O–H groups in total.